The summed E-state index contributed by atoms with van der Waals surface area (Å²) in [7, 11) is 0. The number of aromatic amines is 1. The number of rotatable bonds is 3. The lowest BCUT2D eigenvalue weighted by atomic mass is 10.1. The number of anilines is 1. The average molecular weight is 449 g/mol. The second-order valence-corrected chi connectivity index (χ2v) is 6.99. The van der Waals surface area contributed by atoms with Gasteiger partial charge in [0.05, 0.1) is 16.8 Å². The molecule has 31 heavy (non-hydrogen) atoms. The Kier molecular flexibility index (Phi) is 5.92. The molecule has 0 saturated heterocycles. The first kappa shape index (κ1) is 21.8. The number of nitrogens with one attached hydrogen (secondary N) is 1. The summed E-state index contributed by atoms with van der Waals surface area (Å²) in [6.07, 6.45) is -5.08. The van der Waals surface area contributed by atoms with Gasteiger partial charge in [-0.05, 0) is 12.1 Å². The number of hydrogen-bond donors (Lipinski definition) is 4. The van der Waals surface area contributed by atoms with Gasteiger partial charge in [0.2, 0.25) is 0 Å². The molecule has 0 radical (unpaired) electrons. The van der Waals surface area contributed by atoms with E-state index in [2.05, 4.69) is 15.0 Å². The van der Waals surface area contributed by atoms with Crippen LogP contribution in [-0.2, 0) is 4.79 Å². The Morgan fingerprint density at radius 1 is 1.03 bits per heavy atom. The lowest BCUT2D eigenvalue weighted by Crippen LogP contribution is -2.21. The van der Waals surface area contributed by atoms with Crippen molar-refractivity contribution in [1.29, 1.82) is 0 Å². The summed E-state index contributed by atoms with van der Waals surface area (Å²) >= 11 is 1.41. The van der Waals surface area contributed by atoms with Gasteiger partial charge in [0.25, 0.3) is 5.91 Å². The number of fused-ring (bicyclic) bond motifs is 1. The number of nitrogens with two attached hydrogens (primary N) is 2. The van der Waals surface area contributed by atoms with Crippen LogP contribution in [0.1, 0.15) is 10.4 Å². The number of carbonyl (C=O) groups excluding carboxylic acids is 1. The third kappa shape index (κ3) is 4.98. The van der Waals surface area contributed by atoms with Gasteiger partial charge >= 0.3 is 12.1 Å². The number of aromatic nitrogens is 3. The highest BCUT2D eigenvalue weighted by molar-refractivity contribution is 7.13. The number of H-pyrrole nitrogens is 1. The van der Waals surface area contributed by atoms with E-state index in [0.717, 1.165) is 22.3 Å². The number of benzene rings is 2. The molecule has 8 nitrogen and oxygen atoms in total. The molecular formula is C19H14F3N5O3S. The molecule has 2 aromatic carbocycles. The number of imidazole rings is 1. The normalized spacial score (nSPS) is 11.1. The van der Waals surface area contributed by atoms with Crippen LogP contribution in [0.2, 0.25) is 0 Å². The molecule has 0 saturated carbocycles. The van der Waals surface area contributed by atoms with Crippen molar-refractivity contribution in [3.8, 4) is 22.6 Å². The number of nitrogens with zero attached hydrogens (tertiary/aromatic N) is 2. The molecule has 0 atom stereocenters. The van der Waals surface area contributed by atoms with Crippen LogP contribution in [0.3, 0.4) is 0 Å². The zero-order valence-corrected chi connectivity index (χ0v) is 16.3. The smallest absolute Gasteiger partial charge is 0.475 e. The Morgan fingerprint density at radius 3 is 2.16 bits per heavy atom. The molecule has 0 spiro atoms. The van der Waals surface area contributed by atoms with Crippen LogP contribution in [0.25, 0.3) is 33.7 Å². The van der Waals surface area contributed by atoms with E-state index in [1.54, 1.807) is 12.1 Å². The highest BCUT2D eigenvalue weighted by Gasteiger charge is 2.38. The number of para-hydroxylation sites is 1. The number of hydrogen-bond acceptors (Lipinski definition) is 6. The fourth-order valence-electron chi connectivity index (χ4n) is 2.59. The fourth-order valence-corrected chi connectivity index (χ4v) is 3.16. The maximum atomic E-state index is 11.5. The summed E-state index contributed by atoms with van der Waals surface area (Å²) in [5.41, 5.74) is 15.6. The van der Waals surface area contributed by atoms with Crippen LogP contribution in [0.4, 0.5) is 18.3 Å². The lowest BCUT2D eigenvalue weighted by molar-refractivity contribution is -0.192. The number of thiazole rings is 1. The summed E-state index contributed by atoms with van der Waals surface area (Å²) in [4.78, 5) is 32.4. The van der Waals surface area contributed by atoms with E-state index in [1.165, 1.54) is 11.3 Å². The van der Waals surface area contributed by atoms with E-state index >= 15 is 0 Å². The molecule has 0 fully saturated rings. The SMILES string of the molecule is NC(=O)c1cccc2[nH]c(-c3ccc(-c4csc(N)n4)cc3)nc12.O=C(O)C(F)(F)F. The van der Waals surface area contributed by atoms with Crippen LogP contribution >= 0.6 is 11.3 Å². The number of primary amides is 1. The van der Waals surface area contributed by atoms with Crippen molar-refractivity contribution in [2.24, 2.45) is 5.73 Å². The summed E-state index contributed by atoms with van der Waals surface area (Å²) in [5, 5.41) is 9.59. The van der Waals surface area contributed by atoms with E-state index in [9.17, 15) is 18.0 Å². The molecule has 0 aliphatic heterocycles. The van der Waals surface area contributed by atoms with Gasteiger partial charge in [-0.3, -0.25) is 4.79 Å². The van der Waals surface area contributed by atoms with Crippen LogP contribution in [0, 0.1) is 0 Å². The number of amides is 1. The maximum Gasteiger partial charge on any atom is 0.490 e. The largest absolute Gasteiger partial charge is 0.490 e. The van der Waals surface area contributed by atoms with Gasteiger partial charge in [-0.1, -0.05) is 30.3 Å². The topological polar surface area (TPSA) is 148 Å². The zero-order chi connectivity index (χ0) is 22.8. The van der Waals surface area contributed by atoms with Crippen LogP contribution in [0.15, 0.2) is 47.8 Å². The van der Waals surface area contributed by atoms with Crippen molar-refractivity contribution in [2.75, 3.05) is 5.73 Å². The first-order valence-corrected chi connectivity index (χ1v) is 9.34. The molecule has 2 heterocycles. The number of carbonyl (C=O) groups is 2. The van der Waals surface area contributed by atoms with Gasteiger partial charge in [-0.2, -0.15) is 13.2 Å². The van der Waals surface area contributed by atoms with Gasteiger partial charge in [0.1, 0.15) is 11.3 Å². The Labute approximate surface area is 176 Å². The van der Waals surface area contributed by atoms with Gasteiger partial charge in [0.15, 0.2) is 5.13 Å². The number of halogens is 3. The van der Waals surface area contributed by atoms with E-state index < -0.39 is 18.1 Å². The predicted octanol–water partition coefficient (Wildman–Crippen LogP) is 3.67. The van der Waals surface area contributed by atoms with Crippen molar-refractivity contribution in [2.45, 2.75) is 6.18 Å². The molecule has 160 valence electrons. The Balaban J connectivity index is 0.000000339. The Hall–Kier alpha value is -3.93. The van der Waals surface area contributed by atoms with E-state index in [-0.39, 0.29) is 0 Å². The zero-order valence-electron chi connectivity index (χ0n) is 15.5. The molecule has 0 bridgehead atoms. The van der Waals surface area contributed by atoms with E-state index in [1.807, 2.05) is 35.7 Å². The second kappa shape index (κ2) is 8.44. The molecule has 0 aliphatic rings. The number of aliphatic carboxylic acids is 1. The summed E-state index contributed by atoms with van der Waals surface area (Å²) in [6, 6.07) is 13.1. The Bertz CT molecular complexity index is 1250. The van der Waals surface area contributed by atoms with E-state index in [0.29, 0.717) is 22.0 Å². The number of nitrogen functional groups attached to an aromatic ring is 1. The third-order valence-corrected chi connectivity index (χ3v) is 4.67. The van der Waals surface area contributed by atoms with Gasteiger partial charge in [-0.15, -0.1) is 11.3 Å². The highest BCUT2D eigenvalue weighted by atomic mass is 32.1. The first-order valence-electron chi connectivity index (χ1n) is 8.46. The van der Waals surface area contributed by atoms with Gasteiger partial charge < -0.3 is 21.6 Å². The molecular weight excluding hydrogens is 435 g/mol. The average Bonchev–Trinajstić information content (AvgIpc) is 3.33. The van der Waals surface area contributed by atoms with Gasteiger partial charge in [0, 0.05) is 16.5 Å². The molecule has 0 aliphatic carbocycles. The standard InChI is InChI=1S/C17H13N5OS.C2HF3O2/c18-15(23)11-2-1-3-12-14(11)22-16(20-12)10-6-4-9(5-7-10)13-8-24-17(19)21-13;3-2(4,5)1(6)7/h1-8H,(H2,18,23)(H2,19,21)(H,20,22);(H,6,7). The second-order valence-electron chi connectivity index (χ2n) is 6.10. The first-order chi connectivity index (χ1) is 14.6. The quantitative estimate of drug-likeness (QED) is 0.375. The van der Waals surface area contributed by atoms with Crippen molar-refractivity contribution < 1.29 is 27.9 Å². The van der Waals surface area contributed by atoms with Crippen LogP contribution < -0.4 is 11.5 Å². The predicted molar refractivity (Wildman–Crippen MR) is 109 cm³/mol. The minimum atomic E-state index is -5.08. The minimum absolute atomic E-state index is 0.407. The number of alkyl halides is 3. The summed E-state index contributed by atoms with van der Waals surface area (Å²) in [6.45, 7) is 0. The van der Waals surface area contributed by atoms with Crippen molar-refractivity contribution in [3.63, 3.8) is 0 Å². The monoisotopic (exact) mass is 449 g/mol. The molecule has 4 rings (SSSR count). The van der Waals surface area contributed by atoms with Crippen molar-refractivity contribution >= 4 is 39.4 Å². The van der Waals surface area contributed by atoms with Gasteiger partial charge in [-0.25, -0.2) is 14.8 Å². The van der Waals surface area contributed by atoms with Crippen LogP contribution in [-0.4, -0.2) is 38.1 Å². The number of carboxylic acid groups (broad SMARTS) is 1. The van der Waals surface area contributed by atoms with Crippen molar-refractivity contribution in [1.82, 2.24) is 15.0 Å². The highest BCUT2D eigenvalue weighted by Crippen LogP contribution is 2.27. The summed E-state index contributed by atoms with van der Waals surface area (Å²) in [5.74, 6) is -2.56. The molecule has 2 aromatic heterocycles. The molecule has 6 N–H and O–H groups in total. The maximum absolute atomic E-state index is 11.5. The molecule has 12 heteroatoms. The fraction of sp³-hybridized carbons (Fsp3) is 0.0526. The number of carboxylic acids is 1. The van der Waals surface area contributed by atoms with Crippen LogP contribution in [0.5, 0.6) is 0 Å². The molecule has 0 unspecified atom stereocenters. The molecule has 1 amide bonds. The summed E-state index contributed by atoms with van der Waals surface area (Å²) < 4.78 is 31.7. The third-order valence-electron chi connectivity index (χ3n) is 4.00. The lowest BCUT2D eigenvalue weighted by Gasteiger charge is -1.99. The Morgan fingerprint density at radius 2 is 1.65 bits per heavy atom. The van der Waals surface area contributed by atoms with E-state index in [4.69, 9.17) is 21.4 Å². The molecule has 4 aromatic rings. The van der Waals surface area contributed by atoms with Crippen molar-refractivity contribution in [3.05, 3.63) is 53.4 Å². The minimum Gasteiger partial charge on any atom is -0.475 e.